The predicted molar refractivity (Wildman–Crippen MR) is 86.6 cm³/mol. The molecule has 23 heavy (non-hydrogen) atoms. The van der Waals surface area contributed by atoms with Gasteiger partial charge in [0, 0.05) is 6.42 Å². The van der Waals surface area contributed by atoms with Crippen molar-refractivity contribution < 1.29 is 9.90 Å². The first-order chi connectivity index (χ1) is 11.0. The van der Waals surface area contributed by atoms with Crippen molar-refractivity contribution >= 4 is 33.2 Å². The van der Waals surface area contributed by atoms with E-state index in [4.69, 9.17) is 5.11 Å². The van der Waals surface area contributed by atoms with Gasteiger partial charge in [0.15, 0.2) is 0 Å². The number of carbonyl (C=O) groups is 1. The highest BCUT2D eigenvalue weighted by Crippen LogP contribution is 2.27. The number of rotatable bonds is 4. The third kappa shape index (κ3) is 2.76. The van der Waals surface area contributed by atoms with Crippen LogP contribution in [0.2, 0.25) is 0 Å². The van der Waals surface area contributed by atoms with Crippen molar-refractivity contribution in [2.75, 3.05) is 0 Å². The Bertz CT molecular complexity index is 973. The normalized spacial score (nSPS) is 10.8. The molecule has 1 aromatic carbocycles. The van der Waals surface area contributed by atoms with Gasteiger partial charge < -0.3 is 10.1 Å². The summed E-state index contributed by atoms with van der Waals surface area (Å²) in [6, 6.07) is 6.61. The number of aromatic nitrogens is 2. The zero-order chi connectivity index (χ0) is 16.6. The summed E-state index contributed by atoms with van der Waals surface area (Å²) in [6.07, 6.45) is 0.365. The van der Waals surface area contributed by atoms with Crippen LogP contribution in [0.15, 0.2) is 34.2 Å². The number of aromatic amines is 1. The summed E-state index contributed by atoms with van der Waals surface area (Å²) in [6.45, 7) is 1.60. The molecule has 3 rings (SSSR count). The van der Waals surface area contributed by atoms with Crippen molar-refractivity contribution in [3.8, 4) is 0 Å². The van der Waals surface area contributed by atoms with E-state index in [-0.39, 0.29) is 10.4 Å². The Balaban J connectivity index is 2.03. The standard InChI is InChI=1S/C15H11N3O4S/c1-7-11-13(19)16-10(17-14(11)23-12(7)15(20)21)6-8-2-4-9(18-22)5-3-8/h2-5H,6H2,1H3,(H,20,21)(H,16,17,19). The number of nitrogens with zero attached hydrogens (tertiary/aromatic N) is 2. The minimum atomic E-state index is -1.07. The van der Waals surface area contributed by atoms with Gasteiger partial charge in [0.1, 0.15) is 21.2 Å². The van der Waals surface area contributed by atoms with Crippen LogP contribution >= 0.6 is 11.3 Å². The minimum Gasteiger partial charge on any atom is -0.477 e. The van der Waals surface area contributed by atoms with E-state index in [1.165, 1.54) is 0 Å². The molecule has 0 saturated heterocycles. The first-order valence-corrected chi connectivity index (χ1v) is 7.49. The van der Waals surface area contributed by atoms with Gasteiger partial charge in [-0.3, -0.25) is 4.79 Å². The first kappa shape index (κ1) is 15.0. The smallest absolute Gasteiger partial charge is 0.346 e. The maximum Gasteiger partial charge on any atom is 0.346 e. The minimum absolute atomic E-state index is 0.122. The molecule has 2 aromatic heterocycles. The molecule has 0 aliphatic heterocycles. The average molecular weight is 329 g/mol. The largest absolute Gasteiger partial charge is 0.477 e. The zero-order valence-electron chi connectivity index (χ0n) is 12.0. The average Bonchev–Trinajstić information content (AvgIpc) is 2.85. The maximum atomic E-state index is 12.2. The Labute approximate surface area is 133 Å². The highest BCUT2D eigenvalue weighted by Gasteiger charge is 2.18. The summed E-state index contributed by atoms with van der Waals surface area (Å²) in [4.78, 5) is 41.3. The van der Waals surface area contributed by atoms with Crippen LogP contribution in [0.3, 0.4) is 0 Å². The van der Waals surface area contributed by atoms with Gasteiger partial charge in [0.2, 0.25) is 0 Å². The highest BCUT2D eigenvalue weighted by molar-refractivity contribution is 7.20. The maximum absolute atomic E-state index is 12.2. The van der Waals surface area contributed by atoms with E-state index in [1.54, 1.807) is 31.2 Å². The summed E-state index contributed by atoms with van der Waals surface area (Å²) in [5.41, 5.74) is 1.26. The lowest BCUT2D eigenvalue weighted by Crippen LogP contribution is -2.12. The molecule has 0 saturated carbocycles. The Morgan fingerprint density at radius 1 is 1.35 bits per heavy atom. The quantitative estimate of drug-likeness (QED) is 0.714. The first-order valence-electron chi connectivity index (χ1n) is 6.67. The number of hydrogen-bond acceptors (Lipinski definition) is 6. The zero-order valence-corrected chi connectivity index (χ0v) is 12.8. The molecular weight excluding hydrogens is 318 g/mol. The molecule has 3 aromatic rings. The molecule has 0 fully saturated rings. The Morgan fingerprint density at radius 2 is 2.04 bits per heavy atom. The third-order valence-electron chi connectivity index (χ3n) is 3.46. The van der Waals surface area contributed by atoms with Gasteiger partial charge in [-0.25, -0.2) is 9.78 Å². The molecule has 8 heteroatoms. The molecule has 2 heterocycles. The number of carboxylic acid groups (broad SMARTS) is 1. The van der Waals surface area contributed by atoms with Crippen LogP contribution in [0.1, 0.15) is 26.6 Å². The van der Waals surface area contributed by atoms with Gasteiger partial charge >= 0.3 is 5.97 Å². The van der Waals surface area contributed by atoms with Crippen LogP contribution < -0.4 is 5.56 Å². The van der Waals surface area contributed by atoms with E-state index in [1.807, 2.05) is 0 Å². The molecule has 0 bridgehead atoms. The molecule has 7 nitrogen and oxygen atoms in total. The van der Waals surface area contributed by atoms with Crippen molar-refractivity contribution in [2.45, 2.75) is 13.3 Å². The van der Waals surface area contributed by atoms with Gasteiger partial charge in [0.05, 0.1) is 5.39 Å². The van der Waals surface area contributed by atoms with E-state index in [2.05, 4.69) is 15.1 Å². The SMILES string of the molecule is Cc1c(C(=O)O)sc2nc(Cc3ccc(N=O)cc3)[nH]c(=O)c12. The second-order valence-electron chi connectivity index (χ2n) is 4.99. The summed E-state index contributed by atoms with van der Waals surface area (Å²) >= 11 is 0.990. The summed E-state index contributed by atoms with van der Waals surface area (Å²) in [5.74, 6) is -0.629. The number of carboxylic acids is 1. The number of benzene rings is 1. The van der Waals surface area contributed by atoms with Crippen LogP contribution in [0.4, 0.5) is 5.69 Å². The number of nitrogens with one attached hydrogen (secondary N) is 1. The van der Waals surface area contributed by atoms with Crippen LogP contribution in [0.25, 0.3) is 10.2 Å². The summed E-state index contributed by atoms with van der Waals surface area (Å²) < 4.78 is 0. The number of fused-ring (bicyclic) bond motifs is 1. The number of hydrogen-bond donors (Lipinski definition) is 2. The molecule has 0 aliphatic carbocycles. The molecule has 0 spiro atoms. The lowest BCUT2D eigenvalue weighted by molar-refractivity contribution is 0.0701. The van der Waals surface area contributed by atoms with E-state index in [9.17, 15) is 14.5 Å². The van der Waals surface area contributed by atoms with Gasteiger partial charge in [-0.1, -0.05) is 12.1 Å². The second kappa shape index (κ2) is 5.73. The van der Waals surface area contributed by atoms with Gasteiger partial charge in [-0.15, -0.1) is 16.2 Å². The number of thiophene rings is 1. The number of nitroso groups, excluding NO2 is 1. The van der Waals surface area contributed by atoms with Gasteiger partial charge in [-0.2, -0.15) is 0 Å². The molecular formula is C15H11N3O4S. The van der Waals surface area contributed by atoms with E-state index < -0.39 is 5.97 Å². The van der Waals surface area contributed by atoms with Crippen molar-refractivity contribution in [3.63, 3.8) is 0 Å². The lowest BCUT2D eigenvalue weighted by Gasteiger charge is -2.02. The summed E-state index contributed by atoms with van der Waals surface area (Å²) in [5, 5.41) is 12.3. The molecule has 0 aliphatic rings. The van der Waals surface area contributed by atoms with Crippen molar-refractivity contribution in [1.82, 2.24) is 9.97 Å². The molecule has 2 N–H and O–H groups in total. The monoisotopic (exact) mass is 329 g/mol. The Kier molecular flexibility index (Phi) is 3.75. The van der Waals surface area contributed by atoms with Crippen molar-refractivity contribution in [2.24, 2.45) is 5.18 Å². The number of H-pyrrole nitrogens is 1. The van der Waals surface area contributed by atoms with Crippen LogP contribution in [-0.4, -0.2) is 21.0 Å². The predicted octanol–water partition coefficient (Wildman–Crippen LogP) is 2.98. The molecule has 116 valence electrons. The van der Waals surface area contributed by atoms with E-state index in [0.717, 1.165) is 16.9 Å². The Hall–Kier alpha value is -2.87. The fourth-order valence-electron chi connectivity index (χ4n) is 2.34. The van der Waals surface area contributed by atoms with Crippen molar-refractivity contribution in [3.05, 3.63) is 61.4 Å². The lowest BCUT2D eigenvalue weighted by atomic mass is 10.1. The topological polar surface area (TPSA) is 112 Å². The van der Waals surface area contributed by atoms with Crippen LogP contribution in [-0.2, 0) is 6.42 Å². The third-order valence-corrected chi connectivity index (χ3v) is 4.63. The van der Waals surface area contributed by atoms with Crippen LogP contribution in [0, 0.1) is 11.8 Å². The Morgan fingerprint density at radius 3 is 2.65 bits per heavy atom. The molecule has 0 amide bonds. The molecule has 0 radical (unpaired) electrons. The fraction of sp³-hybridized carbons (Fsp3) is 0.133. The number of aryl methyl sites for hydroxylation is 1. The van der Waals surface area contributed by atoms with Gasteiger partial charge in [-0.05, 0) is 35.4 Å². The molecule has 0 atom stereocenters. The number of aromatic carboxylic acids is 1. The van der Waals surface area contributed by atoms with Gasteiger partial charge in [0.25, 0.3) is 5.56 Å². The van der Waals surface area contributed by atoms with E-state index >= 15 is 0 Å². The van der Waals surface area contributed by atoms with E-state index in [0.29, 0.717) is 33.7 Å². The molecule has 0 unspecified atom stereocenters. The highest BCUT2D eigenvalue weighted by atomic mass is 32.1. The van der Waals surface area contributed by atoms with Crippen LogP contribution in [0.5, 0.6) is 0 Å². The fourth-order valence-corrected chi connectivity index (χ4v) is 3.38. The van der Waals surface area contributed by atoms with Crippen molar-refractivity contribution in [1.29, 1.82) is 0 Å². The summed E-state index contributed by atoms with van der Waals surface area (Å²) in [7, 11) is 0. The second-order valence-corrected chi connectivity index (χ2v) is 5.99.